The highest BCUT2D eigenvalue weighted by Crippen LogP contribution is 2.35. The first-order valence-electron chi connectivity index (χ1n) is 8.03. The van der Waals surface area contributed by atoms with E-state index in [1.165, 1.54) is 32.1 Å². The molecule has 0 aromatic rings. The SMILES string of the molecule is CCCC1CC1NC(=NCC)NC1CC2CCC1O2. The summed E-state index contributed by atoms with van der Waals surface area (Å²) in [6, 6.07) is 1.12. The molecule has 4 nitrogen and oxygen atoms in total. The summed E-state index contributed by atoms with van der Waals surface area (Å²) in [6.07, 6.45) is 8.47. The average molecular weight is 265 g/mol. The van der Waals surface area contributed by atoms with Crippen molar-refractivity contribution in [2.24, 2.45) is 10.9 Å². The van der Waals surface area contributed by atoms with Gasteiger partial charge in [0, 0.05) is 12.6 Å². The second-order valence-electron chi connectivity index (χ2n) is 6.22. The van der Waals surface area contributed by atoms with Gasteiger partial charge < -0.3 is 15.4 Å². The van der Waals surface area contributed by atoms with Gasteiger partial charge in [0.2, 0.25) is 0 Å². The topological polar surface area (TPSA) is 45.7 Å². The quantitative estimate of drug-likeness (QED) is 0.591. The lowest BCUT2D eigenvalue weighted by atomic mass is 9.96. The predicted octanol–water partition coefficient (Wildman–Crippen LogP) is 2.05. The fourth-order valence-electron chi connectivity index (χ4n) is 3.55. The molecule has 2 saturated heterocycles. The van der Waals surface area contributed by atoms with Gasteiger partial charge >= 0.3 is 0 Å². The second kappa shape index (κ2) is 5.70. The van der Waals surface area contributed by atoms with Gasteiger partial charge in [-0.1, -0.05) is 13.3 Å². The lowest BCUT2D eigenvalue weighted by Gasteiger charge is -2.23. The van der Waals surface area contributed by atoms with Crippen LogP contribution >= 0.6 is 0 Å². The minimum absolute atomic E-state index is 0.416. The Balaban J connectivity index is 1.50. The lowest BCUT2D eigenvalue weighted by Crippen LogP contribution is -2.48. The van der Waals surface area contributed by atoms with Crippen molar-refractivity contribution in [2.75, 3.05) is 6.54 Å². The standard InChI is InChI=1S/C15H27N3O/c1-3-5-10-8-12(10)17-15(16-4-2)18-13-9-11-6-7-14(13)19-11/h10-14H,3-9H2,1-2H3,(H2,16,17,18). The predicted molar refractivity (Wildman–Crippen MR) is 77.4 cm³/mol. The number of guanidine groups is 1. The van der Waals surface area contributed by atoms with Gasteiger partial charge in [-0.05, 0) is 44.9 Å². The van der Waals surface area contributed by atoms with Crippen LogP contribution in [0, 0.1) is 5.92 Å². The Bertz CT molecular complexity index is 344. The highest BCUT2D eigenvalue weighted by molar-refractivity contribution is 5.81. The summed E-state index contributed by atoms with van der Waals surface area (Å²) >= 11 is 0. The zero-order chi connectivity index (χ0) is 13.2. The summed E-state index contributed by atoms with van der Waals surface area (Å²) in [7, 11) is 0. The number of fused-ring (bicyclic) bond motifs is 2. The first-order valence-corrected chi connectivity index (χ1v) is 8.03. The third kappa shape index (κ3) is 3.04. The van der Waals surface area contributed by atoms with Gasteiger partial charge in [-0.15, -0.1) is 0 Å². The molecule has 0 aromatic carbocycles. The van der Waals surface area contributed by atoms with Crippen LogP contribution < -0.4 is 10.6 Å². The second-order valence-corrected chi connectivity index (χ2v) is 6.22. The molecule has 2 heterocycles. The molecule has 108 valence electrons. The monoisotopic (exact) mass is 265 g/mol. The summed E-state index contributed by atoms with van der Waals surface area (Å²) in [6.45, 7) is 5.19. The lowest BCUT2D eigenvalue weighted by molar-refractivity contribution is 0.0992. The molecule has 0 aromatic heterocycles. The summed E-state index contributed by atoms with van der Waals surface area (Å²) in [5, 5.41) is 7.19. The molecule has 2 aliphatic heterocycles. The van der Waals surface area contributed by atoms with Crippen molar-refractivity contribution >= 4 is 5.96 Å². The zero-order valence-corrected chi connectivity index (χ0v) is 12.2. The van der Waals surface area contributed by atoms with Crippen LogP contribution in [-0.4, -0.2) is 36.8 Å². The Labute approximate surface area is 116 Å². The number of aliphatic imine (C=N–C) groups is 1. The van der Waals surface area contributed by atoms with Crippen molar-refractivity contribution < 1.29 is 4.74 Å². The van der Waals surface area contributed by atoms with Crippen LogP contribution in [0.1, 0.15) is 52.4 Å². The molecule has 0 amide bonds. The van der Waals surface area contributed by atoms with Crippen molar-refractivity contribution in [3.05, 3.63) is 0 Å². The highest BCUT2D eigenvalue weighted by Gasteiger charge is 2.42. The Kier molecular flexibility index (Phi) is 3.96. The van der Waals surface area contributed by atoms with E-state index in [9.17, 15) is 0 Å². The van der Waals surface area contributed by atoms with Gasteiger partial charge in [-0.25, -0.2) is 0 Å². The van der Waals surface area contributed by atoms with Gasteiger partial charge in [0.1, 0.15) is 0 Å². The number of hydrogen-bond acceptors (Lipinski definition) is 2. The number of nitrogens with one attached hydrogen (secondary N) is 2. The first-order chi connectivity index (χ1) is 9.30. The molecular weight excluding hydrogens is 238 g/mol. The Hall–Kier alpha value is -0.770. The van der Waals surface area contributed by atoms with E-state index >= 15 is 0 Å². The van der Waals surface area contributed by atoms with E-state index < -0.39 is 0 Å². The smallest absolute Gasteiger partial charge is 0.191 e. The summed E-state index contributed by atoms with van der Waals surface area (Å²) < 4.78 is 5.90. The summed E-state index contributed by atoms with van der Waals surface area (Å²) in [4.78, 5) is 4.58. The van der Waals surface area contributed by atoms with Gasteiger partial charge in [0.15, 0.2) is 5.96 Å². The maximum Gasteiger partial charge on any atom is 0.191 e. The van der Waals surface area contributed by atoms with Crippen LogP contribution in [0.25, 0.3) is 0 Å². The number of ether oxygens (including phenoxy) is 1. The molecule has 1 saturated carbocycles. The van der Waals surface area contributed by atoms with Gasteiger partial charge in [-0.2, -0.15) is 0 Å². The summed E-state index contributed by atoms with van der Waals surface area (Å²) in [5.41, 5.74) is 0. The van der Waals surface area contributed by atoms with Crippen molar-refractivity contribution in [3.8, 4) is 0 Å². The van der Waals surface area contributed by atoms with Crippen LogP contribution in [0.3, 0.4) is 0 Å². The van der Waals surface area contributed by atoms with Crippen LogP contribution in [-0.2, 0) is 4.74 Å². The van der Waals surface area contributed by atoms with E-state index in [-0.39, 0.29) is 0 Å². The van der Waals surface area contributed by atoms with Crippen molar-refractivity contribution in [2.45, 2.75) is 76.7 Å². The van der Waals surface area contributed by atoms with Gasteiger partial charge in [0.25, 0.3) is 0 Å². The largest absolute Gasteiger partial charge is 0.373 e. The molecule has 5 unspecified atom stereocenters. The van der Waals surface area contributed by atoms with Crippen LogP contribution in [0.4, 0.5) is 0 Å². The van der Waals surface area contributed by atoms with E-state index in [0.717, 1.165) is 24.8 Å². The average Bonchev–Trinajstić information content (AvgIpc) is 2.83. The molecule has 3 aliphatic rings. The maximum atomic E-state index is 5.90. The molecule has 0 spiro atoms. The number of nitrogens with zero attached hydrogens (tertiary/aromatic N) is 1. The maximum absolute atomic E-state index is 5.90. The van der Waals surface area contributed by atoms with E-state index in [4.69, 9.17) is 4.74 Å². The molecule has 2 bridgehead atoms. The molecule has 1 aliphatic carbocycles. The van der Waals surface area contributed by atoms with Crippen molar-refractivity contribution in [1.82, 2.24) is 10.6 Å². The van der Waals surface area contributed by atoms with Crippen molar-refractivity contribution in [1.29, 1.82) is 0 Å². The van der Waals surface area contributed by atoms with E-state index in [1.807, 2.05) is 0 Å². The fourth-order valence-corrected chi connectivity index (χ4v) is 3.55. The van der Waals surface area contributed by atoms with Crippen molar-refractivity contribution in [3.63, 3.8) is 0 Å². The third-order valence-corrected chi connectivity index (χ3v) is 4.65. The van der Waals surface area contributed by atoms with E-state index in [2.05, 4.69) is 29.5 Å². The highest BCUT2D eigenvalue weighted by atomic mass is 16.5. The fraction of sp³-hybridized carbons (Fsp3) is 0.933. The molecule has 3 rings (SSSR count). The number of rotatable bonds is 5. The normalized spacial score (nSPS) is 40.5. The van der Waals surface area contributed by atoms with Gasteiger partial charge in [0.05, 0.1) is 18.2 Å². The molecular formula is C15H27N3O. The Morgan fingerprint density at radius 3 is 2.63 bits per heavy atom. The molecule has 0 radical (unpaired) electrons. The Morgan fingerprint density at radius 2 is 2.00 bits per heavy atom. The van der Waals surface area contributed by atoms with E-state index in [1.54, 1.807) is 0 Å². The molecule has 2 N–H and O–H groups in total. The molecule has 3 fully saturated rings. The van der Waals surface area contributed by atoms with E-state index in [0.29, 0.717) is 24.3 Å². The van der Waals surface area contributed by atoms with Crippen LogP contribution in [0.5, 0.6) is 0 Å². The number of hydrogen-bond donors (Lipinski definition) is 2. The van der Waals surface area contributed by atoms with Crippen LogP contribution in [0.2, 0.25) is 0 Å². The zero-order valence-electron chi connectivity index (χ0n) is 12.2. The minimum atomic E-state index is 0.416. The first kappa shape index (κ1) is 13.2. The molecule has 5 atom stereocenters. The molecule has 4 heteroatoms. The minimum Gasteiger partial charge on any atom is -0.373 e. The van der Waals surface area contributed by atoms with Gasteiger partial charge in [-0.3, -0.25) is 4.99 Å². The van der Waals surface area contributed by atoms with Crippen LogP contribution in [0.15, 0.2) is 4.99 Å². The molecule has 19 heavy (non-hydrogen) atoms. The summed E-state index contributed by atoms with van der Waals surface area (Å²) in [5.74, 6) is 1.87. The Morgan fingerprint density at radius 1 is 1.16 bits per heavy atom. The third-order valence-electron chi connectivity index (χ3n) is 4.65.